The van der Waals surface area contributed by atoms with E-state index in [4.69, 9.17) is 18.9 Å². The first kappa shape index (κ1) is 43.5. The molecule has 0 aromatic heterocycles. The summed E-state index contributed by atoms with van der Waals surface area (Å²) in [4.78, 5) is 14.8. The first-order valence-corrected chi connectivity index (χ1v) is 20.7. The van der Waals surface area contributed by atoms with Crippen molar-refractivity contribution in [1.82, 2.24) is 0 Å². The molecule has 0 spiro atoms. The van der Waals surface area contributed by atoms with E-state index in [1.54, 1.807) is 20.8 Å². The van der Waals surface area contributed by atoms with Gasteiger partial charge in [0.1, 0.15) is 48.5 Å². The summed E-state index contributed by atoms with van der Waals surface area (Å²) in [6.07, 6.45) is -6.91. The third kappa shape index (κ3) is 7.01. The molecular formula is C42H70O13. The molecule has 2 aliphatic heterocycles. The summed E-state index contributed by atoms with van der Waals surface area (Å²) in [7, 11) is 0. The lowest BCUT2D eigenvalue weighted by Gasteiger charge is -2.65. The average Bonchev–Trinajstić information content (AvgIpc) is 3.38. The number of Topliss-reactive ketones (excluding diaryl/α,β-unsaturated/α-hetero) is 1. The van der Waals surface area contributed by atoms with Crippen molar-refractivity contribution in [3.05, 3.63) is 11.6 Å². The summed E-state index contributed by atoms with van der Waals surface area (Å²) in [6.45, 7) is 17.6. The lowest BCUT2D eigenvalue weighted by molar-refractivity contribution is -0.364. The molecule has 0 aromatic carbocycles. The van der Waals surface area contributed by atoms with E-state index in [9.17, 15) is 45.6 Å². The van der Waals surface area contributed by atoms with Crippen LogP contribution in [0.4, 0.5) is 0 Å². The molecule has 0 bridgehead atoms. The van der Waals surface area contributed by atoms with Gasteiger partial charge in [-0.15, -0.1) is 0 Å². The van der Waals surface area contributed by atoms with Gasteiger partial charge in [0.15, 0.2) is 12.6 Å². The number of hydrogen-bond donors (Lipinski definition) is 8. The van der Waals surface area contributed by atoms with Crippen molar-refractivity contribution < 1.29 is 64.6 Å². The summed E-state index contributed by atoms with van der Waals surface area (Å²) >= 11 is 0. The molecule has 55 heavy (non-hydrogen) atoms. The van der Waals surface area contributed by atoms with Gasteiger partial charge in [-0.25, -0.2) is 0 Å². The fourth-order valence-corrected chi connectivity index (χ4v) is 12.4. The summed E-state index contributed by atoms with van der Waals surface area (Å²) in [5.41, 5.74) is -1.36. The Morgan fingerprint density at radius 1 is 0.891 bits per heavy atom. The van der Waals surface area contributed by atoms with Crippen LogP contribution >= 0.6 is 0 Å². The molecule has 6 rings (SSSR count). The molecule has 2 heterocycles. The van der Waals surface area contributed by atoms with Crippen molar-refractivity contribution in [2.45, 2.75) is 193 Å². The Bertz CT molecular complexity index is 1430. The number of allylic oxidation sites excluding steroid dienone is 1. The van der Waals surface area contributed by atoms with Gasteiger partial charge < -0.3 is 59.8 Å². The third-order valence-corrected chi connectivity index (χ3v) is 16.3. The van der Waals surface area contributed by atoms with Crippen molar-refractivity contribution in [3.63, 3.8) is 0 Å². The highest BCUT2D eigenvalue weighted by Gasteiger charge is 2.70. The topological polar surface area (TPSA) is 216 Å². The highest BCUT2D eigenvalue weighted by molar-refractivity contribution is 5.88. The van der Waals surface area contributed by atoms with Crippen LogP contribution in [0.25, 0.3) is 0 Å². The van der Waals surface area contributed by atoms with Gasteiger partial charge in [0.25, 0.3) is 0 Å². The van der Waals surface area contributed by atoms with Gasteiger partial charge in [-0.1, -0.05) is 53.2 Å². The van der Waals surface area contributed by atoms with Crippen LogP contribution in [0.1, 0.15) is 114 Å². The molecule has 4 aliphatic carbocycles. The standard InChI is InChI=1S/C42H70O13/c1-20(10-14-27(44)39(5,6)51)22-16-17-40(7)26-13-11-23-24(42(26,9)28(45)18-41(22,40)8)12-15-29(38(23,3)4)54-34-30(46)21(2)52-37(33(34)49)55-35-32(48)31(47)25(19-43)53-36(35)50/h11,20-22,24-27,29-37,43-44,46-51H,10,12-19H2,1-9H3/t20-,21-,22-,24-,25-,26+,27?,29+,30-,31-,32+,33+,34+,35-,36?,37?,40+,41-,42+/m1/s1. The Kier molecular flexibility index (Phi) is 12.0. The lowest BCUT2D eigenvalue weighted by Crippen LogP contribution is -2.65. The average molecular weight is 783 g/mol. The lowest BCUT2D eigenvalue weighted by atomic mass is 9.38. The van der Waals surface area contributed by atoms with Crippen LogP contribution < -0.4 is 0 Å². The monoisotopic (exact) mass is 782 g/mol. The van der Waals surface area contributed by atoms with Gasteiger partial charge >= 0.3 is 0 Å². The zero-order valence-electron chi connectivity index (χ0n) is 34.3. The van der Waals surface area contributed by atoms with Gasteiger partial charge in [0.2, 0.25) is 0 Å². The molecule has 6 aliphatic rings. The number of hydrogen-bond acceptors (Lipinski definition) is 13. The number of carbonyl (C=O) groups is 1. The molecule has 316 valence electrons. The molecule has 8 N–H and O–H groups in total. The molecule has 3 unspecified atom stereocenters. The maximum atomic E-state index is 14.8. The Morgan fingerprint density at radius 2 is 1.56 bits per heavy atom. The third-order valence-electron chi connectivity index (χ3n) is 16.3. The fraction of sp³-hybridized carbons (Fsp3) is 0.929. The summed E-state index contributed by atoms with van der Waals surface area (Å²) in [5.74, 6) is 1.11. The number of carbonyl (C=O) groups excluding carboxylic acids is 1. The van der Waals surface area contributed by atoms with E-state index >= 15 is 0 Å². The molecule has 13 heteroatoms. The van der Waals surface area contributed by atoms with Crippen molar-refractivity contribution >= 4 is 5.78 Å². The van der Waals surface area contributed by atoms with Gasteiger partial charge in [0.05, 0.1) is 30.5 Å². The minimum Gasteiger partial charge on any atom is -0.394 e. The van der Waals surface area contributed by atoms with Crippen LogP contribution in [-0.4, -0.2) is 132 Å². The van der Waals surface area contributed by atoms with Crippen LogP contribution in [-0.2, 0) is 23.7 Å². The van der Waals surface area contributed by atoms with Crippen molar-refractivity contribution in [2.75, 3.05) is 6.61 Å². The number of aliphatic hydroxyl groups is 8. The van der Waals surface area contributed by atoms with E-state index in [0.717, 1.165) is 25.7 Å². The zero-order valence-corrected chi connectivity index (χ0v) is 34.3. The summed E-state index contributed by atoms with van der Waals surface area (Å²) in [5, 5.41) is 84.7. The zero-order chi connectivity index (χ0) is 40.8. The first-order chi connectivity index (χ1) is 25.4. The van der Waals surface area contributed by atoms with Crippen LogP contribution in [0.3, 0.4) is 0 Å². The van der Waals surface area contributed by atoms with Crippen molar-refractivity contribution in [1.29, 1.82) is 0 Å². The molecule has 3 saturated carbocycles. The molecule has 0 aromatic rings. The second kappa shape index (κ2) is 15.2. The number of rotatable bonds is 10. The summed E-state index contributed by atoms with van der Waals surface area (Å²) in [6, 6.07) is 0. The maximum absolute atomic E-state index is 14.8. The number of fused-ring (bicyclic) bond motifs is 5. The number of aliphatic hydroxyl groups excluding tert-OH is 7. The van der Waals surface area contributed by atoms with Crippen LogP contribution in [0.15, 0.2) is 11.6 Å². The van der Waals surface area contributed by atoms with Crippen molar-refractivity contribution in [3.8, 4) is 0 Å². The minimum absolute atomic E-state index is 0.0105. The number of ketones is 1. The minimum atomic E-state index is -1.73. The molecule has 13 nitrogen and oxygen atoms in total. The quantitative estimate of drug-likeness (QED) is 0.150. The smallest absolute Gasteiger partial charge is 0.187 e. The number of ether oxygens (including phenoxy) is 4. The fourth-order valence-electron chi connectivity index (χ4n) is 12.4. The second-order valence-electron chi connectivity index (χ2n) is 20.0. The van der Waals surface area contributed by atoms with Crippen LogP contribution in [0, 0.1) is 45.3 Å². The Morgan fingerprint density at radius 3 is 2.20 bits per heavy atom. The van der Waals surface area contributed by atoms with Gasteiger partial charge in [-0.05, 0) is 100 Å². The largest absolute Gasteiger partial charge is 0.394 e. The Balaban J connectivity index is 1.19. The van der Waals surface area contributed by atoms with E-state index in [-0.39, 0.29) is 22.7 Å². The molecule has 19 atom stereocenters. The highest BCUT2D eigenvalue weighted by atomic mass is 16.7. The van der Waals surface area contributed by atoms with Gasteiger partial charge in [-0.3, -0.25) is 4.79 Å². The van der Waals surface area contributed by atoms with Crippen LogP contribution in [0.5, 0.6) is 0 Å². The van der Waals surface area contributed by atoms with Gasteiger partial charge in [0, 0.05) is 17.3 Å². The second-order valence-corrected chi connectivity index (χ2v) is 20.0. The highest BCUT2D eigenvalue weighted by Crippen LogP contribution is 2.74. The molecular weight excluding hydrogens is 712 g/mol. The van der Waals surface area contributed by atoms with Gasteiger partial charge in [-0.2, -0.15) is 0 Å². The Hall–Kier alpha value is -1.07. The predicted molar refractivity (Wildman–Crippen MR) is 200 cm³/mol. The molecule has 5 fully saturated rings. The maximum Gasteiger partial charge on any atom is 0.187 e. The SMILES string of the molecule is C[C@H](CCC(O)C(C)(C)O)[C@H]1CC[C@@]2(C)[C@@H]3CC=C4[C@@H](CC[C@H](O[C@H]5[C@H](O)[C@@H](C)OC(O[C@H]6C(O)O[C@H](CO)[C@@H](O)[C@@H]6O)[C@H]5O)C4(C)C)[C@]3(C)C(=O)C[C@]12C. The van der Waals surface area contributed by atoms with E-state index in [1.165, 1.54) is 5.57 Å². The van der Waals surface area contributed by atoms with Crippen molar-refractivity contribution in [2.24, 2.45) is 45.3 Å². The van der Waals surface area contributed by atoms with E-state index in [0.29, 0.717) is 43.3 Å². The molecule has 0 amide bonds. The van der Waals surface area contributed by atoms with Crippen LogP contribution in [0.2, 0.25) is 0 Å². The first-order valence-electron chi connectivity index (χ1n) is 20.7. The molecule has 2 saturated heterocycles. The van der Waals surface area contributed by atoms with E-state index in [1.807, 2.05) is 0 Å². The molecule has 0 radical (unpaired) electrons. The predicted octanol–water partition coefficient (Wildman–Crippen LogP) is 2.36. The normalized spacial score (nSPS) is 49.7. The summed E-state index contributed by atoms with van der Waals surface area (Å²) < 4.78 is 23.5. The van der Waals surface area contributed by atoms with E-state index < -0.39 is 96.7 Å². The van der Waals surface area contributed by atoms with E-state index in [2.05, 4.69) is 47.6 Å². The Labute approximate surface area is 326 Å².